The van der Waals surface area contributed by atoms with E-state index >= 15 is 0 Å². The molecule has 136 valence electrons. The second kappa shape index (κ2) is 7.12. The fourth-order valence-electron chi connectivity index (χ4n) is 4.72. The summed E-state index contributed by atoms with van der Waals surface area (Å²) in [6, 6.07) is 18.5. The molecule has 0 spiro atoms. The van der Waals surface area contributed by atoms with E-state index in [1.807, 2.05) is 30.1 Å². The maximum absolute atomic E-state index is 13.2. The molecule has 2 heterocycles. The van der Waals surface area contributed by atoms with Gasteiger partial charge in [0.2, 0.25) is 5.91 Å². The van der Waals surface area contributed by atoms with Crippen LogP contribution in [0.5, 0.6) is 5.75 Å². The normalized spacial score (nSPS) is 25.2. The number of amides is 1. The van der Waals surface area contributed by atoms with Crippen molar-refractivity contribution in [2.45, 2.75) is 37.9 Å². The molecule has 2 aromatic rings. The molecule has 0 aliphatic carbocycles. The summed E-state index contributed by atoms with van der Waals surface area (Å²) in [5.74, 6) is 0.531. The highest BCUT2D eigenvalue weighted by molar-refractivity contribution is 5.80. The number of fused-ring (bicyclic) bond motifs is 1. The lowest BCUT2D eigenvalue weighted by Gasteiger charge is -2.26. The molecule has 4 nitrogen and oxygen atoms in total. The van der Waals surface area contributed by atoms with E-state index in [2.05, 4.69) is 29.2 Å². The lowest BCUT2D eigenvalue weighted by molar-refractivity contribution is -0.135. The van der Waals surface area contributed by atoms with Crippen LogP contribution in [-0.2, 0) is 11.3 Å². The number of phenolic OH excluding ortho intramolecular Hbond substituents is 1. The van der Waals surface area contributed by atoms with Gasteiger partial charge in [-0.25, -0.2) is 0 Å². The summed E-state index contributed by atoms with van der Waals surface area (Å²) in [4.78, 5) is 17.6. The van der Waals surface area contributed by atoms with Gasteiger partial charge in [0.1, 0.15) is 5.75 Å². The quantitative estimate of drug-likeness (QED) is 0.917. The molecule has 1 amide bonds. The van der Waals surface area contributed by atoms with Crippen LogP contribution < -0.4 is 0 Å². The van der Waals surface area contributed by atoms with Crippen LogP contribution in [0.25, 0.3) is 0 Å². The van der Waals surface area contributed by atoms with E-state index in [4.69, 9.17) is 0 Å². The van der Waals surface area contributed by atoms with Crippen LogP contribution >= 0.6 is 0 Å². The molecule has 2 fully saturated rings. The standard InChI is InChI=1S/C22H26N2O2/c1-23(15-16-7-5-10-18(25)13-16)22(26)19-14-21(17-8-3-2-4-9-17)24-12-6-11-20(19)24/h2-5,7-10,13,19-21,25H,6,11-12,14-15H2,1H3/t19-,20+,21-/m1/s1. The minimum Gasteiger partial charge on any atom is -0.508 e. The first-order chi connectivity index (χ1) is 12.6. The molecule has 3 atom stereocenters. The molecule has 2 saturated heterocycles. The Morgan fingerprint density at radius 3 is 2.77 bits per heavy atom. The fourth-order valence-corrected chi connectivity index (χ4v) is 4.72. The summed E-state index contributed by atoms with van der Waals surface area (Å²) >= 11 is 0. The Bertz CT molecular complexity index is 777. The third-order valence-corrected chi connectivity index (χ3v) is 5.89. The summed E-state index contributed by atoms with van der Waals surface area (Å²) < 4.78 is 0. The zero-order valence-corrected chi connectivity index (χ0v) is 15.2. The number of benzene rings is 2. The second-order valence-corrected chi connectivity index (χ2v) is 7.58. The van der Waals surface area contributed by atoms with Crippen molar-refractivity contribution >= 4 is 5.91 Å². The van der Waals surface area contributed by atoms with Crippen LogP contribution in [-0.4, -0.2) is 40.4 Å². The first kappa shape index (κ1) is 17.1. The van der Waals surface area contributed by atoms with Gasteiger partial charge in [-0.2, -0.15) is 0 Å². The van der Waals surface area contributed by atoms with Gasteiger partial charge in [-0.3, -0.25) is 9.69 Å². The SMILES string of the molecule is CN(Cc1cccc(O)c1)C(=O)[C@@H]1C[C@H](c2ccccc2)N2CCC[C@@H]12. The van der Waals surface area contributed by atoms with Crippen molar-refractivity contribution in [3.05, 3.63) is 65.7 Å². The number of hydrogen-bond donors (Lipinski definition) is 1. The highest BCUT2D eigenvalue weighted by Gasteiger charge is 2.47. The van der Waals surface area contributed by atoms with Gasteiger partial charge in [0.25, 0.3) is 0 Å². The van der Waals surface area contributed by atoms with Gasteiger partial charge < -0.3 is 10.0 Å². The van der Waals surface area contributed by atoms with Crippen LogP contribution in [0.15, 0.2) is 54.6 Å². The van der Waals surface area contributed by atoms with E-state index in [0.29, 0.717) is 18.6 Å². The van der Waals surface area contributed by atoms with Gasteiger partial charge in [-0.15, -0.1) is 0 Å². The average molecular weight is 350 g/mol. The number of nitrogens with zero attached hydrogens (tertiary/aromatic N) is 2. The van der Waals surface area contributed by atoms with E-state index in [-0.39, 0.29) is 17.6 Å². The zero-order chi connectivity index (χ0) is 18.1. The van der Waals surface area contributed by atoms with Gasteiger partial charge in [0.15, 0.2) is 0 Å². The first-order valence-electron chi connectivity index (χ1n) is 9.47. The Morgan fingerprint density at radius 2 is 2.00 bits per heavy atom. The lowest BCUT2D eigenvalue weighted by Crippen LogP contribution is -2.38. The van der Waals surface area contributed by atoms with Crippen molar-refractivity contribution in [2.75, 3.05) is 13.6 Å². The van der Waals surface area contributed by atoms with E-state index in [9.17, 15) is 9.90 Å². The Kier molecular flexibility index (Phi) is 4.68. The van der Waals surface area contributed by atoms with E-state index in [1.54, 1.807) is 12.1 Å². The maximum atomic E-state index is 13.2. The third kappa shape index (κ3) is 3.21. The number of carbonyl (C=O) groups is 1. The van der Waals surface area contributed by atoms with Gasteiger partial charge in [0, 0.05) is 25.7 Å². The molecular formula is C22H26N2O2. The molecule has 0 bridgehead atoms. The summed E-state index contributed by atoms with van der Waals surface area (Å²) in [6.45, 7) is 1.62. The maximum Gasteiger partial charge on any atom is 0.227 e. The Hall–Kier alpha value is -2.33. The van der Waals surface area contributed by atoms with Crippen LogP contribution in [0, 0.1) is 5.92 Å². The molecule has 0 radical (unpaired) electrons. The van der Waals surface area contributed by atoms with Crippen molar-refractivity contribution in [3.63, 3.8) is 0 Å². The summed E-state index contributed by atoms with van der Waals surface area (Å²) in [6.07, 6.45) is 3.19. The first-order valence-corrected chi connectivity index (χ1v) is 9.47. The number of carbonyl (C=O) groups excluding carboxylic acids is 1. The van der Waals surface area contributed by atoms with E-state index in [1.165, 1.54) is 12.0 Å². The molecule has 26 heavy (non-hydrogen) atoms. The minimum atomic E-state index is 0.0602. The minimum absolute atomic E-state index is 0.0602. The molecule has 4 rings (SSSR count). The van der Waals surface area contributed by atoms with Gasteiger partial charge in [0.05, 0.1) is 5.92 Å². The van der Waals surface area contributed by atoms with Crippen molar-refractivity contribution in [1.29, 1.82) is 0 Å². The Balaban J connectivity index is 1.50. The number of phenols is 1. The molecular weight excluding hydrogens is 324 g/mol. The number of rotatable bonds is 4. The van der Waals surface area contributed by atoms with Crippen LogP contribution in [0.2, 0.25) is 0 Å². The molecule has 2 aliphatic rings. The Labute approximate surface area is 155 Å². The van der Waals surface area contributed by atoms with Crippen molar-refractivity contribution in [3.8, 4) is 5.75 Å². The highest BCUT2D eigenvalue weighted by Crippen LogP contribution is 2.45. The molecule has 0 aromatic heterocycles. The predicted octanol–water partition coefficient (Wildman–Crippen LogP) is 3.58. The van der Waals surface area contributed by atoms with Crippen molar-refractivity contribution in [1.82, 2.24) is 9.80 Å². The van der Waals surface area contributed by atoms with Gasteiger partial charge >= 0.3 is 0 Å². The summed E-state index contributed by atoms with van der Waals surface area (Å²) in [7, 11) is 1.88. The Morgan fingerprint density at radius 1 is 1.19 bits per heavy atom. The molecule has 4 heteroatoms. The largest absolute Gasteiger partial charge is 0.508 e. The van der Waals surface area contributed by atoms with E-state index < -0.39 is 0 Å². The van der Waals surface area contributed by atoms with Crippen molar-refractivity contribution in [2.24, 2.45) is 5.92 Å². The summed E-state index contributed by atoms with van der Waals surface area (Å²) in [5.41, 5.74) is 2.28. The predicted molar refractivity (Wildman–Crippen MR) is 102 cm³/mol. The lowest BCUT2D eigenvalue weighted by atomic mass is 9.93. The smallest absolute Gasteiger partial charge is 0.227 e. The fraction of sp³-hybridized carbons (Fsp3) is 0.409. The molecule has 2 aromatic carbocycles. The molecule has 0 unspecified atom stereocenters. The van der Waals surface area contributed by atoms with Crippen LogP contribution in [0.4, 0.5) is 0 Å². The highest BCUT2D eigenvalue weighted by atomic mass is 16.3. The topological polar surface area (TPSA) is 43.8 Å². The van der Waals surface area contributed by atoms with Crippen molar-refractivity contribution < 1.29 is 9.90 Å². The third-order valence-electron chi connectivity index (χ3n) is 5.89. The van der Waals surface area contributed by atoms with Crippen LogP contribution in [0.1, 0.15) is 36.4 Å². The van der Waals surface area contributed by atoms with Gasteiger partial charge in [-0.1, -0.05) is 42.5 Å². The molecule has 0 saturated carbocycles. The number of aromatic hydroxyl groups is 1. The van der Waals surface area contributed by atoms with Gasteiger partial charge in [-0.05, 0) is 49.1 Å². The molecule has 2 aliphatic heterocycles. The molecule has 1 N–H and O–H groups in total. The second-order valence-electron chi connectivity index (χ2n) is 7.58. The monoisotopic (exact) mass is 350 g/mol. The number of hydrogen-bond acceptors (Lipinski definition) is 3. The van der Waals surface area contributed by atoms with Crippen LogP contribution in [0.3, 0.4) is 0 Å². The summed E-state index contributed by atoms with van der Waals surface area (Å²) in [5, 5.41) is 9.65. The van der Waals surface area contributed by atoms with E-state index in [0.717, 1.165) is 24.9 Å². The average Bonchev–Trinajstić information content (AvgIpc) is 3.24. The zero-order valence-electron chi connectivity index (χ0n) is 15.2.